The van der Waals surface area contributed by atoms with Crippen molar-refractivity contribution in [3.05, 3.63) is 0 Å². The highest BCUT2D eigenvalue weighted by Gasteiger charge is 2.36. The van der Waals surface area contributed by atoms with Gasteiger partial charge in [0.15, 0.2) is 0 Å². The summed E-state index contributed by atoms with van der Waals surface area (Å²) < 4.78 is 0. The summed E-state index contributed by atoms with van der Waals surface area (Å²) in [5.74, 6) is 0.667. The Morgan fingerprint density at radius 1 is 1.45 bits per heavy atom. The summed E-state index contributed by atoms with van der Waals surface area (Å²) in [4.78, 5) is 20.0. The number of carbonyl (C=O) groups is 1. The third-order valence-corrected chi connectivity index (χ3v) is 4.45. The summed E-state index contributed by atoms with van der Waals surface area (Å²) in [6.45, 7) is 6.11. The van der Waals surface area contributed by atoms with Crippen molar-refractivity contribution in [1.82, 2.24) is 10.2 Å². The first-order valence-corrected chi connectivity index (χ1v) is 7.90. The molecule has 1 aliphatic carbocycles. The minimum atomic E-state index is 0.0438. The van der Waals surface area contributed by atoms with E-state index in [0.29, 0.717) is 12.0 Å². The van der Waals surface area contributed by atoms with Crippen molar-refractivity contribution < 1.29 is 9.63 Å². The number of carbonyl (C=O) groups excluding carboxylic acids is 1. The zero-order valence-electron chi connectivity index (χ0n) is 12.5. The van der Waals surface area contributed by atoms with E-state index in [0.717, 1.165) is 50.9 Å². The number of likely N-dealkylation sites (tertiary alicyclic amines) is 1. The van der Waals surface area contributed by atoms with Crippen molar-refractivity contribution in [2.75, 3.05) is 13.1 Å². The van der Waals surface area contributed by atoms with Crippen LogP contribution < -0.4 is 5.32 Å². The molecule has 1 amide bonds. The van der Waals surface area contributed by atoms with E-state index in [1.54, 1.807) is 0 Å². The van der Waals surface area contributed by atoms with Gasteiger partial charge in [-0.15, -0.1) is 0 Å². The van der Waals surface area contributed by atoms with Crippen LogP contribution in [0.5, 0.6) is 0 Å². The summed E-state index contributed by atoms with van der Waals surface area (Å²) >= 11 is 0. The first kappa shape index (κ1) is 13.9. The maximum Gasteiger partial charge on any atom is 0.237 e. The predicted octanol–water partition coefficient (Wildman–Crippen LogP) is 1.53. The summed E-state index contributed by atoms with van der Waals surface area (Å²) in [5, 5.41) is 7.30. The van der Waals surface area contributed by atoms with Gasteiger partial charge in [0, 0.05) is 19.0 Å². The summed E-state index contributed by atoms with van der Waals surface area (Å²) in [6.07, 6.45) is 5.41. The van der Waals surface area contributed by atoms with E-state index >= 15 is 0 Å². The third-order valence-electron chi connectivity index (χ3n) is 4.45. The fourth-order valence-corrected chi connectivity index (χ4v) is 3.02. The minimum absolute atomic E-state index is 0.0438. The maximum absolute atomic E-state index is 12.2. The van der Waals surface area contributed by atoms with Crippen LogP contribution in [0.2, 0.25) is 0 Å². The van der Waals surface area contributed by atoms with Crippen LogP contribution >= 0.6 is 0 Å². The Labute approximate surface area is 120 Å². The van der Waals surface area contributed by atoms with Gasteiger partial charge in [0.05, 0.1) is 11.8 Å². The molecule has 2 heterocycles. The van der Waals surface area contributed by atoms with Gasteiger partial charge in [-0.1, -0.05) is 19.0 Å². The molecule has 3 rings (SSSR count). The van der Waals surface area contributed by atoms with Gasteiger partial charge in [0.1, 0.15) is 6.10 Å². The molecule has 3 aliphatic rings. The molecule has 2 atom stereocenters. The highest BCUT2D eigenvalue weighted by molar-refractivity contribution is 5.87. The van der Waals surface area contributed by atoms with Gasteiger partial charge >= 0.3 is 0 Å². The Balaban J connectivity index is 1.50. The minimum Gasteiger partial charge on any atom is -0.391 e. The van der Waals surface area contributed by atoms with Gasteiger partial charge in [-0.05, 0) is 38.1 Å². The van der Waals surface area contributed by atoms with Crippen LogP contribution in [0.4, 0.5) is 0 Å². The Morgan fingerprint density at radius 2 is 2.25 bits per heavy atom. The lowest BCUT2D eigenvalue weighted by Crippen LogP contribution is -2.46. The van der Waals surface area contributed by atoms with E-state index in [1.807, 2.05) is 0 Å². The number of hydrogen-bond acceptors (Lipinski definition) is 4. The molecule has 2 fully saturated rings. The molecule has 0 aromatic heterocycles. The first-order chi connectivity index (χ1) is 9.63. The molecule has 5 heteroatoms. The van der Waals surface area contributed by atoms with Gasteiger partial charge in [-0.2, -0.15) is 0 Å². The second-order valence-corrected chi connectivity index (χ2v) is 6.60. The Bertz CT molecular complexity index is 404. The number of nitrogens with zero attached hydrogens (tertiary/aromatic N) is 2. The van der Waals surface area contributed by atoms with Crippen molar-refractivity contribution in [1.29, 1.82) is 0 Å². The van der Waals surface area contributed by atoms with Crippen LogP contribution in [-0.4, -0.2) is 47.8 Å². The van der Waals surface area contributed by atoms with Crippen molar-refractivity contribution in [2.45, 2.75) is 64.1 Å². The van der Waals surface area contributed by atoms with Gasteiger partial charge in [-0.25, -0.2) is 0 Å². The molecule has 5 nitrogen and oxygen atoms in total. The maximum atomic E-state index is 12.2. The monoisotopic (exact) mass is 279 g/mol. The second kappa shape index (κ2) is 5.72. The fourth-order valence-electron chi connectivity index (χ4n) is 3.02. The smallest absolute Gasteiger partial charge is 0.237 e. The molecule has 20 heavy (non-hydrogen) atoms. The number of hydrogen-bond donors (Lipinski definition) is 1. The fraction of sp³-hybridized carbons (Fsp3) is 0.867. The lowest BCUT2D eigenvalue weighted by Gasteiger charge is -2.25. The van der Waals surface area contributed by atoms with E-state index in [9.17, 15) is 4.79 Å². The van der Waals surface area contributed by atoms with E-state index in [4.69, 9.17) is 4.84 Å². The van der Waals surface area contributed by atoms with Crippen LogP contribution in [0.15, 0.2) is 5.16 Å². The highest BCUT2D eigenvalue weighted by Crippen LogP contribution is 2.24. The average Bonchev–Trinajstić information content (AvgIpc) is 2.93. The lowest BCUT2D eigenvalue weighted by atomic mass is 10.0. The van der Waals surface area contributed by atoms with Gasteiger partial charge in [-0.3, -0.25) is 9.69 Å². The molecule has 2 aliphatic heterocycles. The zero-order valence-corrected chi connectivity index (χ0v) is 12.5. The molecule has 0 unspecified atom stereocenters. The Morgan fingerprint density at radius 3 is 2.90 bits per heavy atom. The number of oxime groups is 1. The lowest BCUT2D eigenvalue weighted by molar-refractivity contribution is -0.126. The summed E-state index contributed by atoms with van der Waals surface area (Å²) in [5.41, 5.74) is 1.15. The molecule has 0 radical (unpaired) electrons. The highest BCUT2D eigenvalue weighted by atomic mass is 16.6. The van der Waals surface area contributed by atoms with Gasteiger partial charge < -0.3 is 10.2 Å². The van der Waals surface area contributed by atoms with Crippen molar-refractivity contribution >= 4 is 11.6 Å². The quantitative estimate of drug-likeness (QED) is 0.830. The van der Waals surface area contributed by atoms with E-state index in [-0.39, 0.29) is 18.1 Å². The van der Waals surface area contributed by atoms with Crippen LogP contribution in [0.25, 0.3) is 0 Å². The van der Waals surface area contributed by atoms with Crippen molar-refractivity contribution in [3.63, 3.8) is 0 Å². The van der Waals surface area contributed by atoms with E-state index < -0.39 is 0 Å². The number of nitrogens with one attached hydrogen (secondary N) is 1. The topological polar surface area (TPSA) is 53.9 Å². The molecule has 0 aromatic carbocycles. The molecular weight excluding hydrogens is 254 g/mol. The van der Waals surface area contributed by atoms with Crippen LogP contribution in [0.3, 0.4) is 0 Å². The average molecular weight is 279 g/mol. The molecule has 1 saturated carbocycles. The third kappa shape index (κ3) is 3.14. The normalized spacial score (nSPS) is 30.4. The molecule has 1 saturated heterocycles. The van der Waals surface area contributed by atoms with Crippen LogP contribution in [-0.2, 0) is 9.63 Å². The van der Waals surface area contributed by atoms with Crippen LogP contribution in [0.1, 0.15) is 46.0 Å². The second-order valence-electron chi connectivity index (χ2n) is 6.60. The molecule has 112 valence electrons. The van der Waals surface area contributed by atoms with E-state index in [1.165, 1.54) is 0 Å². The SMILES string of the molecule is CC(C)C1=NO[C@@H](CN2CCC[C@H]2C(=O)NC2CC2)C1. The first-order valence-electron chi connectivity index (χ1n) is 7.90. The molecule has 0 spiro atoms. The largest absolute Gasteiger partial charge is 0.391 e. The zero-order chi connectivity index (χ0) is 14.1. The van der Waals surface area contributed by atoms with Crippen molar-refractivity contribution in [2.24, 2.45) is 11.1 Å². The van der Waals surface area contributed by atoms with Gasteiger partial charge in [0.25, 0.3) is 0 Å². The Kier molecular flexibility index (Phi) is 3.96. The van der Waals surface area contributed by atoms with Crippen LogP contribution in [0, 0.1) is 5.92 Å². The molecular formula is C15H25N3O2. The predicted molar refractivity (Wildman–Crippen MR) is 77.5 cm³/mol. The molecule has 0 bridgehead atoms. The van der Waals surface area contributed by atoms with Gasteiger partial charge in [0.2, 0.25) is 5.91 Å². The standard InChI is InChI=1S/C15H25N3O2/c1-10(2)13-8-12(20-17-13)9-18-7-3-4-14(18)15(19)16-11-5-6-11/h10-12,14H,3-9H2,1-2H3,(H,16,19)/t12-,14+/m1/s1. The summed E-state index contributed by atoms with van der Waals surface area (Å²) in [7, 11) is 0. The number of amides is 1. The number of rotatable bonds is 5. The van der Waals surface area contributed by atoms with Crippen molar-refractivity contribution in [3.8, 4) is 0 Å². The summed E-state index contributed by atoms with van der Waals surface area (Å²) in [6, 6.07) is 0.492. The molecule has 1 N–H and O–H groups in total. The van der Waals surface area contributed by atoms with E-state index in [2.05, 4.69) is 29.2 Å². The molecule has 0 aromatic rings. The Hall–Kier alpha value is -1.10.